The van der Waals surface area contributed by atoms with Crippen LogP contribution >= 0.6 is 0 Å². The summed E-state index contributed by atoms with van der Waals surface area (Å²) in [5.74, 6) is 0.572. The molecule has 0 radical (unpaired) electrons. The van der Waals surface area contributed by atoms with Gasteiger partial charge in [-0.05, 0) is 55.7 Å². The van der Waals surface area contributed by atoms with E-state index in [0.29, 0.717) is 13.0 Å². The number of rotatable bonds is 5. The van der Waals surface area contributed by atoms with E-state index < -0.39 is 5.54 Å². The van der Waals surface area contributed by atoms with Crippen molar-refractivity contribution in [1.82, 2.24) is 0 Å². The third-order valence-corrected chi connectivity index (χ3v) is 3.26. The monoisotopic (exact) mass is 273 g/mol. The molecule has 0 aliphatic carbocycles. The molecule has 0 saturated heterocycles. The fourth-order valence-corrected chi connectivity index (χ4v) is 2.28. The van der Waals surface area contributed by atoms with Gasteiger partial charge >= 0.3 is 0 Å². The van der Waals surface area contributed by atoms with Crippen molar-refractivity contribution in [2.24, 2.45) is 5.73 Å². The van der Waals surface area contributed by atoms with Crippen molar-refractivity contribution in [3.05, 3.63) is 65.5 Å². The first-order chi connectivity index (χ1) is 9.51. The average molecular weight is 273 g/mol. The minimum absolute atomic E-state index is 0.235. The van der Waals surface area contributed by atoms with Gasteiger partial charge in [0.2, 0.25) is 0 Å². The number of hydrogen-bond donors (Lipinski definition) is 1. The molecule has 2 nitrogen and oxygen atoms in total. The van der Waals surface area contributed by atoms with Crippen LogP contribution in [-0.2, 0) is 12.0 Å². The molecule has 1 unspecified atom stereocenters. The Morgan fingerprint density at radius 1 is 1.15 bits per heavy atom. The molecule has 0 heterocycles. The second-order valence-corrected chi connectivity index (χ2v) is 5.19. The van der Waals surface area contributed by atoms with Gasteiger partial charge in [0.05, 0.1) is 6.61 Å². The van der Waals surface area contributed by atoms with Crippen LogP contribution in [-0.4, -0.2) is 6.61 Å². The molecule has 106 valence electrons. The van der Waals surface area contributed by atoms with Crippen molar-refractivity contribution in [2.75, 3.05) is 6.61 Å². The Labute approximate surface area is 119 Å². The zero-order chi connectivity index (χ0) is 14.6. The molecule has 0 spiro atoms. The number of hydrogen-bond acceptors (Lipinski definition) is 2. The number of nitrogens with two attached hydrogens (primary N) is 1. The molecule has 2 N–H and O–H groups in total. The van der Waals surface area contributed by atoms with Crippen LogP contribution in [0.5, 0.6) is 5.75 Å². The van der Waals surface area contributed by atoms with Crippen molar-refractivity contribution >= 4 is 0 Å². The van der Waals surface area contributed by atoms with Crippen molar-refractivity contribution in [3.63, 3.8) is 0 Å². The summed E-state index contributed by atoms with van der Waals surface area (Å²) in [7, 11) is 0. The van der Waals surface area contributed by atoms with Gasteiger partial charge in [0, 0.05) is 5.54 Å². The molecule has 20 heavy (non-hydrogen) atoms. The zero-order valence-corrected chi connectivity index (χ0v) is 11.9. The fourth-order valence-electron chi connectivity index (χ4n) is 2.28. The standard InChI is InChI=1S/C17H20FNO/c1-3-20-16-9-5-7-14(11-16)17(2,19)12-13-6-4-8-15(18)10-13/h4-11H,3,12,19H2,1-2H3. The molecular formula is C17H20FNO. The molecule has 2 aromatic rings. The van der Waals surface area contributed by atoms with E-state index in [4.69, 9.17) is 10.5 Å². The van der Waals surface area contributed by atoms with Crippen LogP contribution in [0.1, 0.15) is 25.0 Å². The summed E-state index contributed by atoms with van der Waals surface area (Å²) >= 11 is 0. The van der Waals surface area contributed by atoms with Gasteiger partial charge in [-0.15, -0.1) is 0 Å². The van der Waals surface area contributed by atoms with Gasteiger partial charge in [0.15, 0.2) is 0 Å². The lowest BCUT2D eigenvalue weighted by Gasteiger charge is -2.26. The smallest absolute Gasteiger partial charge is 0.123 e. The van der Waals surface area contributed by atoms with Gasteiger partial charge in [-0.2, -0.15) is 0 Å². The van der Waals surface area contributed by atoms with Gasteiger partial charge in [-0.3, -0.25) is 0 Å². The van der Waals surface area contributed by atoms with E-state index >= 15 is 0 Å². The summed E-state index contributed by atoms with van der Waals surface area (Å²) in [4.78, 5) is 0. The Morgan fingerprint density at radius 3 is 2.60 bits per heavy atom. The van der Waals surface area contributed by atoms with Gasteiger partial charge in [0.25, 0.3) is 0 Å². The van der Waals surface area contributed by atoms with E-state index in [-0.39, 0.29) is 5.82 Å². The first-order valence-electron chi connectivity index (χ1n) is 6.78. The molecule has 3 heteroatoms. The number of ether oxygens (including phenoxy) is 1. The second kappa shape index (κ2) is 6.06. The highest BCUT2D eigenvalue weighted by molar-refractivity contribution is 5.34. The lowest BCUT2D eigenvalue weighted by molar-refractivity contribution is 0.338. The third kappa shape index (κ3) is 3.58. The molecule has 0 saturated carbocycles. The van der Waals surface area contributed by atoms with E-state index in [1.807, 2.05) is 44.2 Å². The fraction of sp³-hybridized carbons (Fsp3) is 0.294. The van der Waals surface area contributed by atoms with Crippen LogP contribution in [0, 0.1) is 5.82 Å². The lowest BCUT2D eigenvalue weighted by Crippen LogP contribution is -2.35. The maximum atomic E-state index is 13.2. The quantitative estimate of drug-likeness (QED) is 0.902. The Morgan fingerprint density at radius 2 is 1.90 bits per heavy atom. The highest BCUT2D eigenvalue weighted by Gasteiger charge is 2.22. The zero-order valence-electron chi connectivity index (χ0n) is 11.9. The maximum Gasteiger partial charge on any atom is 0.123 e. The Balaban J connectivity index is 2.23. The Kier molecular flexibility index (Phi) is 4.40. The van der Waals surface area contributed by atoms with E-state index in [1.54, 1.807) is 6.07 Å². The molecule has 0 aliphatic rings. The average Bonchev–Trinajstić information content (AvgIpc) is 2.39. The van der Waals surface area contributed by atoms with Crippen LogP contribution in [0.25, 0.3) is 0 Å². The molecule has 2 aromatic carbocycles. The number of halogens is 1. The Hall–Kier alpha value is -1.87. The summed E-state index contributed by atoms with van der Waals surface area (Å²) in [6.45, 7) is 4.51. The minimum Gasteiger partial charge on any atom is -0.494 e. The largest absolute Gasteiger partial charge is 0.494 e. The molecule has 0 aromatic heterocycles. The highest BCUT2D eigenvalue weighted by Crippen LogP contribution is 2.26. The van der Waals surface area contributed by atoms with Gasteiger partial charge in [-0.25, -0.2) is 4.39 Å². The highest BCUT2D eigenvalue weighted by atomic mass is 19.1. The summed E-state index contributed by atoms with van der Waals surface area (Å²) in [5, 5.41) is 0. The van der Waals surface area contributed by atoms with E-state index in [2.05, 4.69) is 0 Å². The van der Waals surface area contributed by atoms with E-state index in [9.17, 15) is 4.39 Å². The first kappa shape index (κ1) is 14.5. The molecule has 0 fully saturated rings. The molecule has 2 rings (SSSR count). The van der Waals surface area contributed by atoms with Crippen LogP contribution in [0.2, 0.25) is 0 Å². The molecule has 0 amide bonds. The van der Waals surface area contributed by atoms with Crippen molar-refractivity contribution in [1.29, 1.82) is 0 Å². The van der Waals surface area contributed by atoms with Gasteiger partial charge < -0.3 is 10.5 Å². The summed E-state index contributed by atoms with van der Waals surface area (Å²) in [6.07, 6.45) is 0.570. The van der Waals surface area contributed by atoms with E-state index in [1.165, 1.54) is 12.1 Å². The second-order valence-electron chi connectivity index (χ2n) is 5.19. The molecule has 0 bridgehead atoms. The SMILES string of the molecule is CCOc1cccc(C(C)(N)Cc2cccc(F)c2)c1. The summed E-state index contributed by atoms with van der Waals surface area (Å²) in [6, 6.07) is 14.3. The van der Waals surface area contributed by atoms with Crippen molar-refractivity contribution < 1.29 is 9.13 Å². The van der Waals surface area contributed by atoms with Crippen LogP contribution in [0.15, 0.2) is 48.5 Å². The maximum absolute atomic E-state index is 13.2. The topological polar surface area (TPSA) is 35.2 Å². The molecule has 1 atom stereocenters. The van der Waals surface area contributed by atoms with E-state index in [0.717, 1.165) is 16.9 Å². The lowest BCUT2D eigenvalue weighted by atomic mass is 9.86. The minimum atomic E-state index is -0.569. The molecule has 0 aliphatic heterocycles. The molecular weight excluding hydrogens is 253 g/mol. The number of benzene rings is 2. The predicted octanol–water partition coefficient (Wildman–Crippen LogP) is 3.64. The Bertz CT molecular complexity index is 581. The van der Waals surface area contributed by atoms with Crippen LogP contribution in [0.3, 0.4) is 0 Å². The third-order valence-electron chi connectivity index (χ3n) is 3.26. The summed E-state index contributed by atoms with van der Waals surface area (Å²) in [5.41, 5.74) is 7.70. The van der Waals surface area contributed by atoms with Crippen molar-refractivity contribution in [3.8, 4) is 5.75 Å². The van der Waals surface area contributed by atoms with Gasteiger partial charge in [0.1, 0.15) is 11.6 Å². The van der Waals surface area contributed by atoms with Crippen LogP contribution < -0.4 is 10.5 Å². The van der Waals surface area contributed by atoms with Crippen molar-refractivity contribution in [2.45, 2.75) is 25.8 Å². The first-order valence-corrected chi connectivity index (χ1v) is 6.78. The van der Waals surface area contributed by atoms with Crippen LogP contribution in [0.4, 0.5) is 4.39 Å². The normalized spacial score (nSPS) is 13.8. The predicted molar refractivity (Wildman–Crippen MR) is 79.3 cm³/mol. The van der Waals surface area contributed by atoms with Gasteiger partial charge in [-0.1, -0.05) is 24.3 Å². The summed E-state index contributed by atoms with van der Waals surface area (Å²) < 4.78 is 18.7.